The van der Waals surface area contributed by atoms with Crippen molar-refractivity contribution >= 4 is 40.5 Å². The Morgan fingerprint density at radius 1 is 1.25 bits per heavy atom. The molecule has 11 heteroatoms. The summed E-state index contributed by atoms with van der Waals surface area (Å²) in [4.78, 5) is 39.9. The molecule has 174 valence electrons. The Balaban J connectivity index is 1.63. The van der Waals surface area contributed by atoms with E-state index >= 15 is 0 Å². The van der Waals surface area contributed by atoms with Gasteiger partial charge in [0.05, 0.1) is 24.1 Å². The first kappa shape index (κ1) is 23.7. The molecule has 0 radical (unpaired) electrons. The number of benzene rings is 1. The molecule has 2 fully saturated rings. The van der Waals surface area contributed by atoms with Gasteiger partial charge in [-0.05, 0) is 63.4 Å². The van der Waals surface area contributed by atoms with E-state index in [1.807, 2.05) is 0 Å². The highest BCUT2D eigenvalue weighted by Gasteiger charge is 2.30. The molecule has 2 heterocycles. The second kappa shape index (κ2) is 11.1. The fraction of sp³-hybridized carbons (Fsp3) is 0.571. The third-order valence-electron chi connectivity index (χ3n) is 5.60. The highest BCUT2D eigenvalue weighted by Crippen LogP contribution is 2.29. The summed E-state index contributed by atoms with van der Waals surface area (Å²) in [6.07, 6.45) is 4.19. The Bertz CT molecular complexity index is 874. The quantitative estimate of drug-likeness (QED) is 0.359. The van der Waals surface area contributed by atoms with Crippen LogP contribution in [0.5, 0.6) is 5.75 Å². The Hall–Kier alpha value is -2.95. The molecule has 0 saturated carbocycles. The maximum absolute atomic E-state index is 13.1. The van der Waals surface area contributed by atoms with Crippen molar-refractivity contribution in [3.05, 3.63) is 28.3 Å². The topological polar surface area (TPSA) is 117 Å². The molecule has 1 aromatic carbocycles. The van der Waals surface area contributed by atoms with Crippen molar-refractivity contribution in [1.82, 2.24) is 15.1 Å². The van der Waals surface area contributed by atoms with Crippen LogP contribution in [0.4, 0.5) is 11.4 Å². The minimum Gasteiger partial charge on any atom is -0.494 e. The molecule has 0 unspecified atom stereocenters. The first-order chi connectivity index (χ1) is 15.4. The average molecular weight is 464 g/mol. The molecule has 2 amide bonds. The molecule has 10 nitrogen and oxygen atoms in total. The molecule has 1 atom stereocenters. The lowest BCUT2D eigenvalue weighted by Gasteiger charge is -2.27. The van der Waals surface area contributed by atoms with Gasteiger partial charge in [0, 0.05) is 19.6 Å². The van der Waals surface area contributed by atoms with Crippen molar-refractivity contribution in [1.29, 1.82) is 0 Å². The lowest BCUT2D eigenvalue weighted by molar-refractivity contribution is -0.384. The largest absolute Gasteiger partial charge is 0.494 e. The molecule has 3 rings (SSSR count). The molecule has 0 aliphatic carbocycles. The number of carbonyl (C=O) groups is 2. The van der Waals surface area contributed by atoms with Gasteiger partial charge in [-0.3, -0.25) is 19.7 Å². The lowest BCUT2D eigenvalue weighted by Crippen LogP contribution is -2.51. The number of rotatable bonds is 7. The minimum absolute atomic E-state index is 0.0257. The van der Waals surface area contributed by atoms with E-state index in [0.717, 1.165) is 38.8 Å². The Kier molecular flexibility index (Phi) is 8.20. The smallest absolute Gasteiger partial charge is 0.296 e. The predicted molar refractivity (Wildman–Crippen MR) is 124 cm³/mol. The van der Waals surface area contributed by atoms with Crippen LogP contribution < -0.4 is 15.4 Å². The predicted octanol–water partition coefficient (Wildman–Crippen LogP) is 2.28. The molecule has 2 N–H and O–H groups in total. The number of anilines is 1. The number of nitro benzene ring substituents is 1. The van der Waals surface area contributed by atoms with Crippen molar-refractivity contribution in [2.45, 2.75) is 45.1 Å². The molecule has 2 aliphatic rings. The number of thiocarbonyl (C=S) groups is 1. The van der Waals surface area contributed by atoms with E-state index in [4.69, 9.17) is 17.0 Å². The van der Waals surface area contributed by atoms with E-state index in [9.17, 15) is 19.7 Å². The number of hydrogen-bond donors (Lipinski definition) is 2. The van der Waals surface area contributed by atoms with Gasteiger partial charge < -0.3 is 25.2 Å². The number of nitrogens with one attached hydrogen (secondary N) is 2. The summed E-state index contributed by atoms with van der Waals surface area (Å²) in [6, 6.07) is 3.87. The van der Waals surface area contributed by atoms with Crippen LogP contribution in [0.1, 0.15) is 39.0 Å². The van der Waals surface area contributed by atoms with Crippen molar-refractivity contribution in [3.63, 3.8) is 0 Å². The molecular formula is C21H29N5O5S. The summed E-state index contributed by atoms with van der Waals surface area (Å²) in [7, 11) is 0. The first-order valence-corrected chi connectivity index (χ1v) is 11.3. The SMILES string of the molecule is CCOc1ccc(NC(=S)N[C@H]2CCCCN(CC(=O)N3CCCC3)C2=O)c([N+](=O)[O-])c1. The van der Waals surface area contributed by atoms with E-state index in [0.29, 0.717) is 25.3 Å². The van der Waals surface area contributed by atoms with Crippen LogP contribution in [0.15, 0.2) is 18.2 Å². The van der Waals surface area contributed by atoms with Gasteiger partial charge in [0.25, 0.3) is 5.69 Å². The van der Waals surface area contributed by atoms with E-state index in [-0.39, 0.29) is 34.8 Å². The average Bonchev–Trinajstić information content (AvgIpc) is 3.25. The summed E-state index contributed by atoms with van der Waals surface area (Å²) in [6.45, 7) is 4.28. The third kappa shape index (κ3) is 6.06. The summed E-state index contributed by atoms with van der Waals surface area (Å²) >= 11 is 5.34. The van der Waals surface area contributed by atoms with Crippen molar-refractivity contribution < 1.29 is 19.2 Å². The van der Waals surface area contributed by atoms with Crippen LogP contribution in [0.2, 0.25) is 0 Å². The van der Waals surface area contributed by atoms with Crippen LogP contribution in [-0.4, -0.2) is 70.5 Å². The van der Waals surface area contributed by atoms with Gasteiger partial charge in [0.15, 0.2) is 5.11 Å². The number of likely N-dealkylation sites (tertiary alicyclic amines) is 2. The van der Waals surface area contributed by atoms with Crippen molar-refractivity contribution in [3.8, 4) is 5.75 Å². The Morgan fingerprint density at radius 3 is 2.66 bits per heavy atom. The Labute approximate surface area is 192 Å². The molecule has 0 aromatic heterocycles. The summed E-state index contributed by atoms with van der Waals surface area (Å²) < 4.78 is 5.32. The van der Waals surface area contributed by atoms with Gasteiger partial charge in [-0.1, -0.05) is 0 Å². The summed E-state index contributed by atoms with van der Waals surface area (Å²) in [5.41, 5.74) is 0.0308. The van der Waals surface area contributed by atoms with E-state index < -0.39 is 11.0 Å². The highest BCUT2D eigenvalue weighted by molar-refractivity contribution is 7.80. The summed E-state index contributed by atoms with van der Waals surface area (Å²) in [5.74, 6) is 0.184. The van der Waals surface area contributed by atoms with Crippen LogP contribution in [0.3, 0.4) is 0 Å². The molecule has 2 saturated heterocycles. The maximum Gasteiger partial charge on any atom is 0.296 e. The van der Waals surface area contributed by atoms with Gasteiger partial charge in [0.2, 0.25) is 11.8 Å². The molecule has 1 aromatic rings. The van der Waals surface area contributed by atoms with Gasteiger partial charge in [-0.2, -0.15) is 0 Å². The number of hydrogen-bond acceptors (Lipinski definition) is 6. The number of nitro groups is 1. The zero-order chi connectivity index (χ0) is 23.1. The zero-order valence-corrected chi connectivity index (χ0v) is 19.0. The third-order valence-corrected chi connectivity index (χ3v) is 5.82. The van der Waals surface area contributed by atoms with E-state index in [2.05, 4.69) is 10.6 Å². The summed E-state index contributed by atoms with van der Waals surface area (Å²) in [5, 5.41) is 17.4. The Morgan fingerprint density at radius 2 is 1.97 bits per heavy atom. The van der Waals surface area contributed by atoms with Crippen LogP contribution in [-0.2, 0) is 9.59 Å². The lowest BCUT2D eigenvalue weighted by atomic mass is 10.1. The molecule has 32 heavy (non-hydrogen) atoms. The fourth-order valence-electron chi connectivity index (χ4n) is 3.97. The molecular weight excluding hydrogens is 434 g/mol. The first-order valence-electron chi connectivity index (χ1n) is 10.9. The van der Waals surface area contributed by atoms with E-state index in [1.54, 1.807) is 22.8 Å². The van der Waals surface area contributed by atoms with Crippen LogP contribution in [0.25, 0.3) is 0 Å². The standard InChI is InChI=1S/C21H29N5O5S/c1-2-31-15-8-9-16(18(13-15)26(29)30)22-21(32)23-17-7-3-4-12-25(20(17)28)14-19(27)24-10-5-6-11-24/h8-9,13,17H,2-7,10-12,14H2,1H3,(H2,22,23,32)/t17-/m0/s1. The van der Waals surface area contributed by atoms with Crippen molar-refractivity contribution in [2.24, 2.45) is 0 Å². The number of nitrogens with zero attached hydrogens (tertiary/aromatic N) is 3. The highest BCUT2D eigenvalue weighted by atomic mass is 32.1. The monoisotopic (exact) mass is 463 g/mol. The molecule has 2 aliphatic heterocycles. The van der Waals surface area contributed by atoms with Gasteiger partial charge in [0.1, 0.15) is 17.5 Å². The fourth-order valence-corrected chi connectivity index (χ4v) is 4.22. The van der Waals surface area contributed by atoms with Crippen molar-refractivity contribution in [2.75, 3.05) is 38.1 Å². The van der Waals surface area contributed by atoms with Gasteiger partial charge in [-0.25, -0.2) is 0 Å². The molecule has 0 spiro atoms. The van der Waals surface area contributed by atoms with Crippen LogP contribution in [0, 0.1) is 10.1 Å². The van der Waals surface area contributed by atoms with Crippen LogP contribution >= 0.6 is 12.2 Å². The second-order valence-corrected chi connectivity index (χ2v) is 8.27. The van der Waals surface area contributed by atoms with Gasteiger partial charge in [-0.15, -0.1) is 0 Å². The molecule has 0 bridgehead atoms. The minimum atomic E-state index is -0.592. The van der Waals surface area contributed by atoms with E-state index in [1.165, 1.54) is 12.1 Å². The number of amides is 2. The maximum atomic E-state index is 13.1. The number of ether oxygens (including phenoxy) is 1. The zero-order valence-electron chi connectivity index (χ0n) is 18.2. The van der Waals surface area contributed by atoms with Gasteiger partial charge >= 0.3 is 0 Å². The number of carbonyl (C=O) groups excluding carboxylic acids is 2. The second-order valence-electron chi connectivity index (χ2n) is 7.86. The normalized spacial score (nSPS) is 18.8.